The average molecular weight is 898 g/mol. The molecule has 2 aromatic rings. The second-order valence-electron chi connectivity index (χ2n) is 18.2. The minimum Gasteiger partial charge on any atom is -0.462 e. The van der Waals surface area contributed by atoms with Crippen molar-refractivity contribution in [2.24, 2.45) is 4.99 Å². The van der Waals surface area contributed by atoms with E-state index in [9.17, 15) is 4.79 Å². The van der Waals surface area contributed by atoms with Crippen LogP contribution in [0.4, 0.5) is 17.1 Å². The number of alkyl halides is 1. The number of nitrogens with two attached hydrogens (primary N) is 1. The van der Waals surface area contributed by atoms with Crippen molar-refractivity contribution in [1.82, 2.24) is 0 Å². The van der Waals surface area contributed by atoms with Gasteiger partial charge in [0.2, 0.25) is 0 Å². The highest BCUT2D eigenvalue weighted by molar-refractivity contribution is 14.1. The number of hydrogen-bond donors (Lipinski definition) is 2. The first kappa shape index (κ1) is 49.3. The first-order valence-electron chi connectivity index (χ1n) is 23.7. The Morgan fingerprint density at radius 1 is 0.719 bits per heavy atom. The molecule has 3 rings (SSSR count). The maximum absolute atomic E-state index is 13.6. The zero-order valence-corrected chi connectivity index (χ0v) is 39.8. The lowest BCUT2D eigenvalue weighted by molar-refractivity contribution is 0.0524. The van der Waals surface area contributed by atoms with E-state index in [-0.39, 0.29) is 11.4 Å². The number of halogens is 1. The van der Waals surface area contributed by atoms with Crippen molar-refractivity contribution in [1.29, 1.82) is 0 Å². The van der Waals surface area contributed by atoms with Gasteiger partial charge in [-0.1, -0.05) is 203 Å². The molecule has 0 unspecified atom stereocenters. The lowest BCUT2D eigenvalue weighted by Gasteiger charge is -2.31. The molecular formula is C51H84IN3O2. The Hall–Kier alpha value is -2.09. The molecule has 1 heterocycles. The molecule has 0 fully saturated rings. The Morgan fingerprint density at radius 2 is 1.19 bits per heavy atom. The number of carbonyl (C=O) groups is 1. The summed E-state index contributed by atoms with van der Waals surface area (Å²) in [5, 5.41) is 3.63. The van der Waals surface area contributed by atoms with Crippen LogP contribution in [0, 0.1) is 0 Å². The summed E-state index contributed by atoms with van der Waals surface area (Å²) in [6.45, 7) is 14.3. The molecule has 0 aromatic heterocycles. The van der Waals surface area contributed by atoms with Gasteiger partial charge in [-0.2, -0.15) is 0 Å². The van der Waals surface area contributed by atoms with Gasteiger partial charge in [-0.3, -0.25) is 4.99 Å². The van der Waals surface area contributed by atoms with Crippen molar-refractivity contribution in [3.8, 4) is 0 Å². The van der Waals surface area contributed by atoms with E-state index in [0.29, 0.717) is 17.9 Å². The predicted octanol–water partition coefficient (Wildman–Crippen LogP) is 16.1. The normalized spacial score (nSPS) is 13.5. The fraction of sp³-hybridized carbons (Fsp3) is 0.725. The molecule has 0 atom stereocenters. The first-order chi connectivity index (χ1) is 27.6. The molecule has 322 valence electrons. The molecule has 57 heavy (non-hydrogen) atoms. The van der Waals surface area contributed by atoms with Crippen LogP contribution in [0.2, 0.25) is 0 Å². The molecule has 0 radical (unpaired) electrons. The van der Waals surface area contributed by atoms with Crippen molar-refractivity contribution in [3.05, 3.63) is 52.6 Å². The Kier molecular flexibility index (Phi) is 23.9. The molecule has 0 spiro atoms. The SMILES string of the molecule is CCCCCCCCCCCCNc1ccc(C2=Nc3cc(C(C)(C)CCCCCCCCCCCCCCCCCI)c(C(=O)OCC)c(N)c3C2(C)C)cc1. The minimum atomic E-state index is -0.456. The number of nitrogen functional groups attached to an aromatic ring is 1. The van der Waals surface area contributed by atoms with Crippen LogP contribution >= 0.6 is 22.6 Å². The van der Waals surface area contributed by atoms with Crippen LogP contribution < -0.4 is 11.1 Å². The van der Waals surface area contributed by atoms with Gasteiger partial charge in [0.25, 0.3) is 0 Å². The van der Waals surface area contributed by atoms with Crippen molar-refractivity contribution in [2.75, 3.05) is 28.6 Å². The number of anilines is 2. The molecule has 0 saturated carbocycles. The maximum Gasteiger partial charge on any atom is 0.340 e. The molecule has 0 saturated heterocycles. The second-order valence-corrected chi connectivity index (χ2v) is 19.3. The quantitative estimate of drug-likeness (QED) is 0.0246. The largest absolute Gasteiger partial charge is 0.462 e. The van der Waals surface area contributed by atoms with Crippen molar-refractivity contribution < 1.29 is 9.53 Å². The first-order valence-corrected chi connectivity index (χ1v) is 25.2. The minimum absolute atomic E-state index is 0.245. The number of rotatable bonds is 33. The number of ether oxygens (including phenoxy) is 1. The Balaban J connectivity index is 1.52. The molecule has 5 nitrogen and oxygen atoms in total. The fourth-order valence-corrected chi connectivity index (χ4v) is 9.42. The third-order valence-electron chi connectivity index (χ3n) is 12.5. The van der Waals surface area contributed by atoms with Gasteiger partial charge in [-0.05, 0) is 79.2 Å². The highest BCUT2D eigenvalue weighted by atomic mass is 127. The van der Waals surface area contributed by atoms with Gasteiger partial charge in [-0.15, -0.1) is 0 Å². The molecule has 0 bridgehead atoms. The van der Waals surface area contributed by atoms with E-state index in [1.807, 2.05) is 6.92 Å². The molecule has 1 aliphatic rings. The van der Waals surface area contributed by atoms with Crippen molar-refractivity contribution in [3.63, 3.8) is 0 Å². The summed E-state index contributed by atoms with van der Waals surface area (Å²) in [6.07, 6.45) is 34.9. The summed E-state index contributed by atoms with van der Waals surface area (Å²) >= 11 is 2.49. The third-order valence-corrected chi connectivity index (χ3v) is 13.2. The van der Waals surface area contributed by atoms with Crippen LogP contribution in [0.25, 0.3) is 0 Å². The molecule has 0 aliphatic carbocycles. The second kappa shape index (κ2) is 27.6. The number of aliphatic imine (C=N–C) groups is 1. The van der Waals surface area contributed by atoms with Crippen LogP contribution in [0.15, 0.2) is 35.3 Å². The van der Waals surface area contributed by atoms with Crippen LogP contribution in [0.3, 0.4) is 0 Å². The summed E-state index contributed by atoms with van der Waals surface area (Å²) in [6, 6.07) is 10.9. The van der Waals surface area contributed by atoms with Gasteiger partial charge in [-0.25, -0.2) is 4.79 Å². The lowest BCUT2D eigenvalue weighted by atomic mass is 9.73. The van der Waals surface area contributed by atoms with E-state index in [4.69, 9.17) is 15.5 Å². The van der Waals surface area contributed by atoms with E-state index in [1.54, 1.807) is 0 Å². The van der Waals surface area contributed by atoms with E-state index in [0.717, 1.165) is 53.2 Å². The molecule has 6 heteroatoms. The number of carbonyl (C=O) groups excluding carboxylic acids is 1. The third kappa shape index (κ3) is 16.8. The lowest BCUT2D eigenvalue weighted by Crippen LogP contribution is -2.29. The van der Waals surface area contributed by atoms with Crippen LogP contribution in [-0.4, -0.2) is 29.3 Å². The highest BCUT2D eigenvalue weighted by Crippen LogP contribution is 2.50. The molecular weight excluding hydrogens is 813 g/mol. The standard InChI is InChI=1S/C51H84IN3O2/c1-7-9-10-11-12-13-23-26-29-32-39-54-42-35-33-41(34-36-42)48-51(5,6)46-44(55-48)40-43(45(47(46)53)49(56)57-8-2)50(3,4)37-30-27-24-21-19-17-15-14-16-18-20-22-25-28-31-38-52/h33-36,40,54H,7-32,37-39,53H2,1-6H3. The van der Waals surface area contributed by atoms with Crippen LogP contribution in [0.1, 0.15) is 236 Å². The average Bonchev–Trinajstić information content (AvgIpc) is 3.46. The Labute approximate surface area is 364 Å². The smallest absolute Gasteiger partial charge is 0.340 e. The number of nitrogens with one attached hydrogen (secondary N) is 1. The summed E-state index contributed by atoms with van der Waals surface area (Å²) in [5.41, 5.74) is 13.4. The van der Waals surface area contributed by atoms with Gasteiger partial charge in [0.1, 0.15) is 0 Å². The van der Waals surface area contributed by atoms with Crippen molar-refractivity contribution in [2.45, 2.75) is 219 Å². The zero-order chi connectivity index (χ0) is 41.4. The molecule has 0 amide bonds. The van der Waals surface area contributed by atoms with Crippen LogP contribution in [0.5, 0.6) is 0 Å². The summed E-state index contributed by atoms with van der Waals surface area (Å²) in [5.74, 6) is -0.324. The number of fused-ring (bicyclic) bond motifs is 1. The number of nitrogens with zero attached hydrogens (tertiary/aromatic N) is 1. The van der Waals surface area contributed by atoms with Crippen molar-refractivity contribution >= 4 is 51.3 Å². The van der Waals surface area contributed by atoms with Gasteiger partial charge < -0.3 is 15.8 Å². The van der Waals surface area contributed by atoms with Gasteiger partial charge in [0.15, 0.2) is 0 Å². The zero-order valence-electron chi connectivity index (χ0n) is 37.6. The van der Waals surface area contributed by atoms with E-state index in [2.05, 4.69) is 92.9 Å². The van der Waals surface area contributed by atoms with Gasteiger partial charge >= 0.3 is 5.97 Å². The van der Waals surface area contributed by atoms with E-state index in [1.165, 1.54) is 159 Å². The highest BCUT2D eigenvalue weighted by Gasteiger charge is 2.41. The van der Waals surface area contributed by atoms with E-state index >= 15 is 0 Å². The summed E-state index contributed by atoms with van der Waals surface area (Å²) < 4.78 is 6.96. The number of unbranched alkanes of at least 4 members (excludes halogenated alkanes) is 23. The summed E-state index contributed by atoms with van der Waals surface area (Å²) in [7, 11) is 0. The van der Waals surface area contributed by atoms with Gasteiger partial charge in [0, 0.05) is 23.2 Å². The number of benzene rings is 2. The monoisotopic (exact) mass is 898 g/mol. The number of esters is 1. The predicted molar refractivity (Wildman–Crippen MR) is 259 cm³/mol. The van der Waals surface area contributed by atoms with E-state index < -0.39 is 5.41 Å². The molecule has 1 aliphatic heterocycles. The topological polar surface area (TPSA) is 76.7 Å². The molecule has 2 aromatic carbocycles. The maximum atomic E-state index is 13.6. The Bertz CT molecular complexity index is 1450. The fourth-order valence-electron chi connectivity index (χ4n) is 8.88. The number of hydrogen-bond acceptors (Lipinski definition) is 5. The van der Waals surface area contributed by atoms with Crippen LogP contribution in [-0.2, 0) is 15.6 Å². The molecule has 3 N–H and O–H groups in total. The van der Waals surface area contributed by atoms with Gasteiger partial charge in [0.05, 0.1) is 29.3 Å². The Morgan fingerprint density at radius 3 is 1.68 bits per heavy atom. The summed E-state index contributed by atoms with van der Waals surface area (Å²) in [4.78, 5) is 18.9.